The number of nitrogens with zero attached hydrogens (tertiary/aromatic N) is 3. The molecule has 2 fully saturated rings. The summed E-state index contributed by atoms with van der Waals surface area (Å²) < 4.78 is 7.47. The summed E-state index contributed by atoms with van der Waals surface area (Å²) >= 11 is 12.3. The van der Waals surface area contributed by atoms with Gasteiger partial charge in [-0.3, -0.25) is 9.59 Å². The van der Waals surface area contributed by atoms with Gasteiger partial charge in [-0.25, -0.2) is 9.78 Å². The molecule has 2 N–H and O–H groups in total. The van der Waals surface area contributed by atoms with Gasteiger partial charge in [0.2, 0.25) is 5.91 Å². The summed E-state index contributed by atoms with van der Waals surface area (Å²) in [6.07, 6.45) is 11.0. The number of aromatic nitrogens is 2. The fourth-order valence-electron chi connectivity index (χ4n) is 6.30. The third-order valence-corrected chi connectivity index (χ3v) is 9.39. The molecule has 1 saturated heterocycles. The van der Waals surface area contributed by atoms with Crippen LogP contribution in [0.4, 0.5) is 4.79 Å². The van der Waals surface area contributed by atoms with Crippen molar-refractivity contribution < 1.29 is 19.1 Å². The molecule has 1 aliphatic carbocycles. The number of hydrogen-bond donors (Lipinski definition) is 2. The van der Waals surface area contributed by atoms with Gasteiger partial charge in [0.1, 0.15) is 6.04 Å². The van der Waals surface area contributed by atoms with E-state index in [0.717, 1.165) is 36.9 Å². The number of hydrogen-bond acceptors (Lipinski definition) is 5. The number of aryl methyl sites for hydroxylation is 1. The van der Waals surface area contributed by atoms with Gasteiger partial charge in [-0.2, -0.15) is 0 Å². The molecule has 11 heteroatoms. The number of likely N-dealkylation sites (tertiary alicyclic amines) is 1. The Morgan fingerprint density at radius 3 is 2.49 bits per heavy atom. The topological polar surface area (TPSA) is 106 Å². The fourth-order valence-corrected chi connectivity index (χ4v) is 6.62. The number of ether oxygens (including phenoxy) is 1. The normalized spacial score (nSPS) is 18.0. The van der Waals surface area contributed by atoms with Crippen molar-refractivity contribution in [3.05, 3.63) is 52.0 Å². The fraction of sp³-hybridized carbons (Fsp3) is 0.600. The minimum atomic E-state index is -0.811. The van der Waals surface area contributed by atoms with Gasteiger partial charge in [-0.05, 0) is 56.2 Å². The molecule has 1 aromatic carbocycles. The van der Waals surface area contributed by atoms with Crippen molar-refractivity contribution in [3.8, 4) is 0 Å². The van der Waals surface area contributed by atoms with Crippen LogP contribution in [0.3, 0.4) is 0 Å². The minimum absolute atomic E-state index is 0.128. The van der Waals surface area contributed by atoms with Crippen LogP contribution >= 0.6 is 23.2 Å². The van der Waals surface area contributed by atoms with Crippen LogP contribution in [-0.2, 0) is 34.2 Å². The number of imidazole rings is 1. The number of urea groups is 1. The van der Waals surface area contributed by atoms with Crippen molar-refractivity contribution in [2.45, 2.75) is 70.8 Å². The summed E-state index contributed by atoms with van der Waals surface area (Å²) in [6, 6.07) is 3.98. The number of esters is 1. The molecular weight excluding hydrogens is 565 g/mol. The van der Waals surface area contributed by atoms with Crippen molar-refractivity contribution in [1.29, 1.82) is 0 Å². The molecule has 2 heterocycles. The van der Waals surface area contributed by atoms with E-state index in [9.17, 15) is 14.4 Å². The molecule has 1 atom stereocenters. The zero-order valence-corrected chi connectivity index (χ0v) is 25.5. The van der Waals surface area contributed by atoms with Crippen molar-refractivity contribution in [2.24, 2.45) is 18.4 Å². The van der Waals surface area contributed by atoms with Crippen LogP contribution in [0, 0.1) is 11.3 Å². The van der Waals surface area contributed by atoms with E-state index in [2.05, 4.69) is 15.6 Å². The number of amides is 3. The third-order valence-electron chi connectivity index (χ3n) is 8.65. The first kappa shape index (κ1) is 31.2. The largest absolute Gasteiger partial charge is 0.466 e. The van der Waals surface area contributed by atoms with Gasteiger partial charge in [0.05, 0.1) is 28.4 Å². The van der Waals surface area contributed by atoms with Crippen LogP contribution in [0.15, 0.2) is 30.7 Å². The molecule has 9 nitrogen and oxygen atoms in total. The average molecular weight is 607 g/mol. The predicted molar refractivity (Wildman–Crippen MR) is 159 cm³/mol. The van der Waals surface area contributed by atoms with Crippen molar-refractivity contribution in [1.82, 2.24) is 25.1 Å². The minimum Gasteiger partial charge on any atom is -0.466 e. The second-order valence-electron chi connectivity index (χ2n) is 11.2. The molecule has 0 bridgehead atoms. The van der Waals surface area contributed by atoms with E-state index in [-0.39, 0.29) is 24.2 Å². The van der Waals surface area contributed by atoms with Crippen molar-refractivity contribution >= 4 is 41.1 Å². The molecule has 2 aliphatic rings. The average Bonchev–Trinajstić information content (AvgIpc) is 3.39. The van der Waals surface area contributed by atoms with Gasteiger partial charge in [0, 0.05) is 51.4 Å². The SMILES string of the molecule is CCOC(=O)C1(C2CCCCC2)CCN(C(=O)[C@@H](Cc2ccc(Cl)c(Cl)c2)NC(=O)NCCc2cncn2C)CC1. The zero-order valence-electron chi connectivity index (χ0n) is 24.0. The van der Waals surface area contributed by atoms with Crippen LogP contribution in [0.5, 0.6) is 0 Å². The smallest absolute Gasteiger partial charge is 0.315 e. The molecular formula is C30H41Cl2N5O4. The maximum absolute atomic E-state index is 13.9. The highest BCUT2D eigenvalue weighted by molar-refractivity contribution is 6.42. The van der Waals surface area contributed by atoms with E-state index in [0.29, 0.717) is 55.5 Å². The Labute approximate surface area is 252 Å². The summed E-state index contributed by atoms with van der Waals surface area (Å²) in [6.45, 7) is 3.46. The summed E-state index contributed by atoms with van der Waals surface area (Å²) in [5, 5.41) is 6.56. The second-order valence-corrected chi connectivity index (χ2v) is 12.0. The quantitative estimate of drug-likeness (QED) is 0.373. The highest BCUT2D eigenvalue weighted by Crippen LogP contribution is 2.47. The highest BCUT2D eigenvalue weighted by Gasteiger charge is 2.49. The first-order valence-corrected chi connectivity index (χ1v) is 15.4. The standard InChI is InChI=1S/C30H41Cl2N5O4/c1-3-41-28(39)30(22-7-5-4-6-8-22)12-15-37(16-13-30)27(38)26(18-21-9-10-24(31)25(32)17-21)35-29(40)34-14-11-23-19-33-20-36(23)2/h9-10,17,19-20,22,26H,3-8,11-16,18H2,1-2H3,(H2,34,35,40)/t26-/m1/s1. The monoisotopic (exact) mass is 605 g/mol. The summed E-state index contributed by atoms with van der Waals surface area (Å²) in [5.41, 5.74) is 1.22. The maximum atomic E-state index is 13.9. The number of halogens is 2. The lowest BCUT2D eigenvalue weighted by Crippen LogP contribution is -2.56. The van der Waals surface area contributed by atoms with Crippen LogP contribution in [0.25, 0.3) is 0 Å². The molecule has 0 radical (unpaired) electrons. The first-order valence-electron chi connectivity index (χ1n) is 14.6. The van der Waals surface area contributed by atoms with E-state index in [1.807, 2.05) is 24.6 Å². The van der Waals surface area contributed by atoms with Crippen LogP contribution in [0.2, 0.25) is 10.0 Å². The van der Waals surface area contributed by atoms with Crippen LogP contribution in [0.1, 0.15) is 63.1 Å². The number of carbonyl (C=O) groups is 3. The van der Waals surface area contributed by atoms with Gasteiger partial charge in [-0.15, -0.1) is 0 Å². The number of piperidine rings is 1. The molecule has 0 unspecified atom stereocenters. The molecule has 1 aliphatic heterocycles. The van der Waals surface area contributed by atoms with Crippen molar-refractivity contribution in [2.75, 3.05) is 26.2 Å². The maximum Gasteiger partial charge on any atom is 0.315 e. The Morgan fingerprint density at radius 2 is 1.85 bits per heavy atom. The Hall–Kier alpha value is -2.78. The van der Waals surface area contributed by atoms with Gasteiger partial charge in [0.15, 0.2) is 0 Å². The lowest BCUT2D eigenvalue weighted by atomic mass is 9.63. The molecule has 2 aromatic rings. The van der Waals surface area contributed by atoms with E-state index in [1.165, 1.54) is 6.42 Å². The van der Waals surface area contributed by atoms with Gasteiger partial charge < -0.3 is 24.8 Å². The van der Waals surface area contributed by atoms with E-state index >= 15 is 0 Å². The number of carbonyl (C=O) groups excluding carboxylic acids is 3. The highest BCUT2D eigenvalue weighted by atomic mass is 35.5. The lowest BCUT2D eigenvalue weighted by molar-refractivity contribution is -0.166. The second kappa shape index (κ2) is 14.4. The molecule has 4 rings (SSSR count). The summed E-state index contributed by atoms with van der Waals surface area (Å²) in [7, 11) is 1.90. The molecule has 41 heavy (non-hydrogen) atoms. The van der Waals surface area contributed by atoms with Gasteiger partial charge in [-0.1, -0.05) is 48.5 Å². The molecule has 3 amide bonds. The predicted octanol–water partition coefficient (Wildman–Crippen LogP) is 4.93. The molecule has 0 spiro atoms. The van der Waals surface area contributed by atoms with Crippen LogP contribution < -0.4 is 10.6 Å². The summed E-state index contributed by atoms with van der Waals surface area (Å²) in [4.78, 5) is 45.9. The Balaban J connectivity index is 1.45. The summed E-state index contributed by atoms with van der Waals surface area (Å²) in [5.74, 6) is -0.0286. The van der Waals surface area contributed by atoms with Crippen molar-refractivity contribution in [3.63, 3.8) is 0 Å². The Kier molecular flexibility index (Phi) is 10.9. The molecule has 1 saturated carbocycles. The number of nitrogens with one attached hydrogen (secondary N) is 2. The third kappa shape index (κ3) is 7.74. The zero-order chi connectivity index (χ0) is 29.4. The van der Waals surface area contributed by atoms with Gasteiger partial charge >= 0.3 is 12.0 Å². The first-order chi connectivity index (χ1) is 19.7. The van der Waals surface area contributed by atoms with Crippen LogP contribution in [-0.4, -0.2) is 64.6 Å². The Morgan fingerprint density at radius 1 is 1.12 bits per heavy atom. The number of rotatable bonds is 10. The lowest BCUT2D eigenvalue weighted by Gasteiger charge is -2.46. The van der Waals surface area contributed by atoms with Gasteiger partial charge in [0.25, 0.3) is 0 Å². The van der Waals surface area contributed by atoms with E-state index in [4.69, 9.17) is 27.9 Å². The Bertz CT molecular complexity index is 1210. The van der Waals surface area contributed by atoms with E-state index < -0.39 is 17.5 Å². The molecule has 1 aromatic heterocycles. The van der Waals surface area contributed by atoms with E-state index in [1.54, 1.807) is 29.6 Å². The number of benzene rings is 1. The molecule has 224 valence electrons.